The maximum atomic E-state index is 12.8. The molecule has 0 unspecified atom stereocenters. The molecule has 0 fully saturated rings. The Morgan fingerprint density at radius 1 is 1.11 bits per heavy atom. The van der Waals surface area contributed by atoms with Crippen molar-refractivity contribution in [2.45, 2.75) is 27.2 Å². The summed E-state index contributed by atoms with van der Waals surface area (Å²) >= 11 is 3.40. The second-order valence-electron chi connectivity index (χ2n) is 6.64. The smallest absolute Gasteiger partial charge is 0.259 e. The lowest BCUT2D eigenvalue weighted by atomic mass is 10.1. The molecule has 27 heavy (non-hydrogen) atoms. The molecule has 0 aliphatic carbocycles. The Kier molecular flexibility index (Phi) is 7.85. The molecule has 0 aromatic heterocycles. The first kappa shape index (κ1) is 21.0. The molecule has 5 nitrogen and oxygen atoms in total. The van der Waals surface area contributed by atoms with Gasteiger partial charge in [-0.3, -0.25) is 9.59 Å². The summed E-state index contributed by atoms with van der Waals surface area (Å²) in [6.07, 6.45) is 0.865. The number of amides is 2. The van der Waals surface area contributed by atoms with E-state index in [1.807, 2.05) is 26.8 Å². The molecule has 6 heteroatoms. The van der Waals surface area contributed by atoms with E-state index in [2.05, 4.69) is 26.6 Å². The van der Waals surface area contributed by atoms with E-state index >= 15 is 0 Å². The first-order valence-corrected chi connectivity index (χ1v) is 9.82. The zero-order valence-corrected chi connectivity index (χ0v) is 17.4. The fraction of sp³-hybridized carbons (Fsp3) is 0.333. The van der Waals surface area contributed by atoms with Crippen molar-refractivity contribution >= 4 is 33.4 Å². The van der Waals surface area contributed by atoms with Crippen molar-refractivity contribution in [3.8, 4) is 5.75 Å². The average Bonchev–Trinajstić information content (AvgIpc) is 2.65. The van der Waals surface area contributed by atoms with Crippen LogP contribution in [0.3, 0.4) is 0 Å². The summed E-state index contributed by atoms with van der Waals surface area (Å²) < 4.78 is 6.56. The lowest BCUT2D eigenvalue weighted by Crippen LogP contribution is -2.24. The highest BCUT2D eigenvalue weighted by molar-refractivity contribution is 9.10. The number of benzene rings is 2. The van der Waals surface area contributed by atoms with E-state index in [0.29, 0.717) is 41.6 Å². The normalized spacial score (nSPS) is 10.6. The third-order valence-corrected chi connectivity index (χ3v) is 4.17. The highest BCUT2D eigenvalue weighted by atomic mass is 79.9. The van der Waals surface area contributed by atoms with Crippen LogP contribution in [0.1, 0.15) is 47.9 Å². The molecular weight excluding hydrogens is 408 g/mol. The van der Waals surface area contributed by atoms with E-state index in [9.17, 15) is 9.59 Å². The Labute approximate surface area is 168 Å². The molecule has 144 valence electrons. The van der Waals surface area contributed by atoms with Crippen molar-refractivity contribution in [3.05, 3.63) is 58.1 Å². The van der Waals surface area contributed by atoms with Crippen molar-refractivity contribution in [1.29, 1.82) is 0 Å². The highest BCUT2D eigenvalue weighted by Gasteiger charge is 2.15. The van der Waals surface area contributed by atoms with Gasteiger partial charge in [0.2, 0.25) is 0 Å². The van der Waals surface area contributed by atoms with Crippen LogP contribution in [0, 0.1) is 5.92 Å². The first-order valence-electron chi connectivity index (χ1n) is 9.02. The quantitative estimate of drug-likeness (QED) is 0.624. The number of rotatable bonds is 8. The van der Waals surface area contributed by atoms with E-state index in [0.717, 1.165) is 10.9 Å². The lowest BCUT2D eigenvalue weighted by Gasteiger charge is -2.14. The summed E-state index contributed by atoms with van der Waals surface area (Å²) in [6.45, 7) is 7.23. The second kappa shape index (κ2) is 10.1. The minimum atomic E-state index is -0.291. The summed E-state index contributed by atoms with van der Waals surface area (Å²) in [5, 5.41) is 5.67. The van der Waals surface area contributed by atoms with Gasteiger partial charge in [0.05, 0.1) is 12.2 Å². The van der Waals surface area contributed by atoms with Gasteiger partial charge in [-0.15, -0.1) is 0 Å². The van der Waals surface area contributed by atoms with Crippen molar-refractivity contribution in [2.24, 2.45) is 5.92 Å². The molecule has 0 aliphatic heterocycles. The zero-order valence-electron chi connectivity index (χ0n) is 15.8. The number of ether oxygens (including phenoxy) is 1. The summed E-state index contributed by atoms with van der Waals surface area (Å²) in [4.78, 5) is 24.9. The topological polar surface area (TPSA) is 67.4 Å². The molecule has 2 aromatic rings. The predicted molar refractivity (Wildman–Crippen MR) is 111 cm³/mol. The van der Waals surface area contributed by atoms with Gasteiger partial charge < -0.3 is 15.4 Å². The van der Waals surface area contributed by atoms with Crippen molar-refractivity contribution in [1.82, 2.24) is 5.32 Å². The van der Waals surface area contributed by atoms with E-state index in [1.54, 1.807) is 36.4 Å². The fourth-order valence-electron chi connectivity index (χ4n) is 2.34. The predicted octanol–water partition coefficient (Wildman–Crippen LogP) is 4.88. The maximum Gasteiger partial charge on any atom is 0.259 e. The summed E-state index contributed by atoms with van der Waals surface area (Å²) in [6, 6.07) is 12.2. The SMILES string of the molecule is CCCNC(=O)c1cccc(NC(=O)c2cc(Br)ccc2OCC(C)C)c1. The van der Waals surface area contributed by atoms with Crippen LogP contribution in [0.15, 0.2) is 46.9 Å². The lowest BCUT2D eigenvalue weighted by molar-refractivity contribution is 0.0952. The number of carbonyl (C=O) groups is 2. The molecule has 0 bridgehead atoms. The molecule has 2 N–H and O–H groups in total. The van der Waals surface area contributed by atoms with Crippen LogP contribution >= 0.6 is 15.9 Å². The van der Waals surface area contributed by atoms with Crippen LogP contribution in [0.5, 0.6) is 5.75 Å². The van der Waals surface area contributed by atoms with Crippen molar-refractivity contribution in [3.63, 3.8) is 0 Å². The Morgan fingerprint density at radius 3 is 2.59 bits per heavy atom. The van der Waals surface area contributed by atoms with Crippen molar-refractivity contribution < 1.29 is 14.3 Å². The van der Waals surface area contributed by atoms with Gasteiger partial charge in [-0.1, -0.05) is 42.8 Å². The van der Waals surface area contributed by atoms with Gasteiger partial charge in [0.25, 0.3) is 11.8 Å². The summed E-state index contributed by atoms with van der Waals surface area (Å²) in [5.41, 5.74) is 1.50. The Bertz CT molecular complexity index is 806. The molecule has 0 saturated heterocycles. The zero-order chi connectivity index (χ0) is 19.8. The summed E-state index contributed by atoms with van der Waals surface area (Å²) in [7, 11) is 0. The molecule has 0 atom stereocenters. The van der Waals surface area contributed by atoms with Gasteiger partial charge in [-0.2, -0.15) is 0 Å². The molecule has 0 saturated carbocycles. The Morgan fingerprint density at radius 2 is 1.89 bits per heavy atom. The van der Waals surface area contributed by atoms with Crippen LogP contribution in [0.4, 0.5) is 5.69 Å². The van der Waals surface area contributed by atoms with Crippen LogP contribution < -0.4 is 15.4 Å². The molecule has 0 aliphatic rings. The number of carbonyl (C=O) groups excluding carboxylic acids is 2. The third-order valence-electron chi connectivity index (χ3n) is 3.68. The largest absolute Gasteiger partial charge is 0.492 e. The van der Waals surface area contributed by atoms with Gasteiger partial charge in [0, 0.05) is 22.3 Å². The van der Waals surface area contributed by atoms with Crippen LogP contribution in [0.25, 0.3) is 0 Å². The van der Waals surface area contributed by atoms with Gasteiger partial charge in [-0.25, -0.2) is 0 Å². The van der Waals surface area contributed by atoms with E-state index in [-0.39, 0.29) is 11.8 Å². The fourth-order valence-corrected chi connectivity index (χ4v) is 2.70. The molecule has 2 aromatic carbocycles. The van der Waals surface area contributed by atoms with E-state index in [4.69, 9.17) is 4.74 Å². The number of hydrogen-bond donors (Lipinski definition) is 2. The maximum absolute atomic E-state index is 12.8. The monoisotopic (exact) mass is 432 g/mol. The second-order valence-corrected chi connectivity index (χ2v) is 7.55. The molecule has 0 spiro atoms. The standard InChI is InChI=1S/C21H25BrN2O3/c1-4-10-23-20(25)15-6-5-7-17(11-15)24-21(26)18-12-16(22)8-9-19(18)27-13-14(2)3/h5-9,11-12,14H,4,10,13H2,1-3H3,(H,23,25)(H,24,26). The highest BCUT2D eigenvalue weighted by Crippen LogP contribution is 2.25. The van der Waals surface area contributed by atoms with Crippen LogP contribution in [0.2, 0.25) is 0 Å². The number of hydrogen-bond acceptors (Lipinski definition) is 3. The van der Waals surface area contributed by atoms with E-state index in [1.165, 1.54) is 0 Å². The summed E-state index contributed by atoms with van der Waals surface area (Å²) in [5.74, 6) is 0.432. The average molecular weight is 433 g/mol. The van der Waals surface area contributed by atoms with Gasteiger partial charge in [0.1, 0.15) is 5.75 Å². The van der Waals surface area contributed by atoms with Gasteiger partial charge >= 0.3 is 0 Å². The molecule has 0 radical (unpaired) electrons. The molecule has 2 rings (SSSR count). The van der Waals surface area contributed by atoms with Crippen molar-refractivity contribution in [2.75, 3.05) is 18.5 Å². The number of halogens is 1. The minimum absolute atomic E-state index is 0.156. The van der Waals surface area contributed by atoms with Crippen LogP contribution in [-0.4, -0.2) is 25.0 Å². The van der Waals surface area contributed by atoms with E-state index < -0.39 is 0 Å². The Hall–Kier alpha value is -2.34. The Balaban J connectivity index is 2.17. The molecular formula is C21H25BrN2O3. The minimum Gasteiger partial charge on any atom is -0.492 e. The third kappa shape index (κ3) is 6.40. The van der Waals surface area contributed by atoms with Gasteiger partial charge in [-0.05, 0) is 48.7 Å². The molecule has 2 amide bonds. The van der Waals surface area contributed by atoms with Crippen LogP contribution in [-0.2, 0) is 0 Å². The number of nitrogens with one attached hydrogen (secondary N) is 2. The number of anilines is 1. The van der Waals surface area contributed by atoms with Gasteiger partial charge in [0.15, 0.2) is 0 Å². The first-order chi connectivity index (χ1) is 12.9. The molecule has 0 heterocycles.